The first kappa shape index (κ1) is 16.4. The van der Waals surface area contributed by atoms with Gasteiger partial charge < -0.3 is 5.73 Å². The molecule has 0 aromatic carbocycles. The fourth-order valence-corrected chi connectivity index (χ4v) is 4.24. The molecule has 2 N–H and O–H groups in total. The van der Waals surface area contributed by atoms with Gasteiger partial charge in [0.1, 0.15) is 4.90 Å². The predicted molar refractivity (Wildman–Crippen MR) is 75.9 cm³/mol. The van der Waals surface area contributed by atoms with E-state index in [9.17, 15) is 8.42 Å². The number of sulfonamides is 1. The SMILES string of the molecule is Cc1nn(C)c(C)c1S(=O)(=O)N1CCC(N)CC1.Cl. The topological polar surface area (TPSA) is 81.2 Å². The molecule has 1 aromatic rings. The van der Waals surface area contributed by atoms with Crippen LogP contribution in [-0.4, -0.2) is 41.6 Å². The van der Waals surface area contributed by atoms with Crippen LogP contribution in [0.2, 0.25) is 0 Å². The van der Waals surface area contributed by atoms with Gasteiger partial charge in [0.15, 0.2) is 0 Å². The van der Waals surface area contributed by atoms with Gasteiger partial charge in [-0.1, -0.05) is 0 Å². The number of hydrogen-bond donors (Lipinski definition) is 1. The summed E-state index contributed by atoms with van der Waals surface area (Å²) in [5, 5.41) is 4.17. The van der Waals surface area contributed by atoms with Crippen molar-refractivity contribution >= 4 is 22.4 Å². The summed E-state index contributed by atoms with van der Waals surface area (Å²) in [7, 11) is -1.67. The third-order valence-electron chi connectivity index (χ3n) is 3.54. The van der Waals surface area contributed by atoms with Gasteiger partial charge in [-0.15, -0.1) is 12.4 Å². The van der Waals surface area contributed by atoms with Crippen LogP contribution in [0.5, 0.6) is 0 Å². The number of halogens is 1. The first-order valence-electron chi connectivity index (χ1n) is 6.10. The van der Waals surface area contributed by atoms with Crippen molar-refractivity contribution in [3.63, 3.8) is 0 Å². The summed E-state index contributed by atoms with van der Waals surface area (Å²) >= 11 is 0. The Morgan fingerprint density at radius 2 is 1.79 bits per heavy atom. The van der Waals surface area contributed by atoms with Crippen LogP contribution >= 0.6 is 12.4 Å². The van der Waals surface area contributed by atoms with Crippen molar-refractivity contribution in [2.45, 2.75) is 37.6 Å². The highest BCUT2D eigenvalue weighted by atomic mass is 35.5. The van der Waals surface area contributed by atoms with Gasteiger partial charge in [0, 0.05) is 26.2 Å². The maximum atomic E-state index is 12.6. The fourth-order valence-electron chi connectivity index (χ4n) is 2.37. The average molecular weight is 309 g/mol. The summed E-state index contributed by atoms with van der Waals surface area (Å²) < 4.78 is 28.3. The molecule has 110 valence electrons. The lowest BCUT2D eigenvalue weighted by Crippen LogP contribution is -2.43. The van der Waals surface area contributed by atoms with Crippen molar-refractivity contribution in [1.29, 1.82) is 0 Å². The standard InChI is InChI=1S/C11H20N4O2S.ClH/c1-8-11(9(2)14(3)13-8)18(16,17)15-6-4-10(12)5-7-15;/h10H,4-7,12H2,1-3H3;1H. The first-order chi connectivity index (χ1) is 8.34. The second-order valence-corrected chi connectivity index (χ2v) is 6.74. The lowest BCUT2D eigenvalue weighted by Gasteiger charge is -2.29. The number of aromatic nitrogens is 2. The van der Waals surface area contributed by atoms with E-state index in [-0.39, 0.29) is 18.4 Å². The lowest BCUT2D eigenvalue weighted by molar-refractivity contribution is 0.319. The largest absolute Gasteiger partial charge is 0.328 e. The summed E-state index contributed by atoms with van der Waals surface area (Å²) in [5.74, 6) is 0. The minimum absolute atomic E-state index is 0. The summed E-state index contributed by atoms with van der Waals surface area (Å²) in [5.41, 5.74) is 7.05. The third-order valence-corrected chi connectivity index (χ3v) is 5.69. The van der Waals surface area contributed by atoms with E-state index in [4.69, 9.17) is 5.73 Å². The van der Waals surface area contributed by atoms with Gasteiger partial charge in [0.05, 0.1) is 11.4 Å². The lowest BCUT2D eigenvalue weighted by atomic mass is 10.1. The summed E-state index contributed by atoms with van der Waals surface area (Å²) in [6.07, 6.45) is 1.44. The van der Waals surface area contributed by atoms with Crippen LogP contribution in [0.3, 0.4) is 0 Å². The minimum atomic E-state index is -3.43. The number of piperidine rings is 1. The van der Waals surface area contributed by atoms with Gasteiger partial charge in [0.25, 0.3) is 0 Å². The number of hydrogen-bond acceptors (Lipinski definition) is 4. The maximum absolute atomic E-state index is 12.6. The van der Waals surface area contributed by atoms with Gasteiger partial charge in [-0.25, -0.2) is 8.42 Å². The van der Waals surface area contributed by atoms with Gasteiger partial charge >= 0.3 is 0 Å². The van der Waals surface area contributed by atoms with E-state index in [0.29, 0.717) is 29.4 Å². The van der Waals surface area contributed by atoms with Crippen LogP contribution in [0.1, 0.15) is 24.2 Å². The highest BCUT2D eigenvalue weighted by molar-refractivity contribution is 7.89. The Labute approximate surface area is 120 Å². The summed E-state index contributed by atoms with van der Waals surface area (Å²) in [6, 6.07) is 0.118. The maximum Gasteiger partial charge on any atom is 0.246 e. The molecule has 8 heteroatoms. The molecule has 0 unspecified atom stereocenters. The second kappa shape index (κ2) is 5.78. The van der Waals surface area contributed by atoms with Crippen molar-refractivity contribution in [2.75, 3.05) is 13.1 Å². The van der Waals surface area contributed by atoms with Crippen LogP contribution in [-0.2, 0) is 17.1 Å². The van der Waals surface area contributed by atoms with Crippen LogP contribution in [0, 0.1) is 13.8 Å². The highest BCUT2D eigenvalue weighted by Gasteiger charge is 2.32. The monoisotopic (exact) mass is 308 g/mol. The Hall–Kier alpha value is -0.630. The Bertz CT molecular complexity index is 547. The van der Waals surface area contributed by atoms with Crippen LogP contribution in [0.15, 0.2) is 4.90 Å². The van der Waals surface area contributed by atoms with Gasteiger partial charge in [-0.05, 0) is 26.7 Å². The zero-order chi connectivity index (χ0) is 13.5. The van der Waals surface area contributed by atoms with E-state index >= 15 is 0 Å². The molecule has 2 heterocycles. The van der Waals surface area contributed by atoms with Crippen molar-refractivity contribution in [1.82, 2.24) is 14.1 Å². The molecule has 1 aromatic heterocycles. The van der Waals surface area contributed by atoms with Crippen molar-refractivity contribution in [2.24, 2.45) is 12.8 Å². The zero-order valence-electron chi connectivity index (χ0n) is 11.5. The first-order valence-corrected chi connectivity index (χ1v) is 7.54. The molecule has 0 saturated carbocycles. The van der Waals surface area contributed by atoms with E-state index in [2.05, 4.69) is 5.10 Å². The van der Waals surface area contributed by atoms with E-state index in [0.717, 1.165) is 12.8 Å². The Morgan fingerprint density at radius 3 is 2.21 bits per heavy atom. The number of nitrogens with zero attached hydrogens (tertiary/aromatic N) is 3. The molecule has 0 radical (unpaired) electrons. The van der Waals surface area contributed by atoms with E-state index in [1.807, 2.05) is 0 Å². The minimum Gasteiger partial charge on any atom is -0.328 e. The molecule has 0 amide bonds. The van der Waals surface area contributed by atoms with Crippen molar-refractivity contribution in [3.05, 3.63) is 11.4 Å². The highest BCUT2D eigenvalue weighted by Crippen LogP contribution is 2.25. The third kappa shape index (κ3) is 2.94. The predicted octanol–water partition coefficient (Wildman–Crippen LogP) is 0.571. The molecular weight excluding hydrogens is 288 g/mol. The van der Waals surface area contributed by atoms with E-state index in [1.54, 1.807) is 25.6 Å². The molecule has 0 aliphatic carbocycles. The molecule has 1 aliphatic rings. The number of aryl methyl sites for hydroxylation is 2. The van der Waals surface area contributed by atoms with Crippen LogP contribution in [0.4, 0.5) is 0 Å². The van der Waals surface area contributed by atoms with Crippen molar-refractivity contribution in [3.8, 4) is 0 Å². The molecule has 6 nitrogen and oxygen atoms in total. The molecular formula is C11H21ClN4O2S. The molecule has 1 aliphatic heterocycles. The fraction of sp³-hybridized carbons (Fsp3) is 0.727. The molecule has 1 saturated heterocycles. The zero-order valence-corrected chi connectivity index (χ0v) is 13.1. The summed E-state index contributed by atoms with van der Waals surface area (Å²) in [6.45, 7) is 4.51. The molecule has 0 atom stereocenters. The van der Waals surface area contributed by atoms with Crippen LogP contribution < -0.4 is 5.73 Å². The van der Waals surface area contributed by atoms with Gasteiger partial charge in [-0.3, -0.25) is 4.68 Å². The molecule has 19 heavy (non-hydrogen) atoms. The average Bonchev–Trinajstić information content (AvgIpc) is 2.54. The van der Waals surface area contributed by atoms with Gasteiger partial charge in [-0.2, -0.15) is 9.40 Å². The van der Waals surface area contributed by atoms with Gasteiger partial charge in [0.2, 0.25) is 10.0 Å². The second-order valence-electron chi connectivity index (χ2n) is 4.87. The van der Waals surface area contributed by atoms with Crippen molar-refractivity contribution < 1.29 is 8.42 Å². The smallest absolute Gasteiger partial charge is 0.246 e. The quantitative estimate of drug-likeness (QED) is 0.866. The Balaban J connectivity index is 0.00000180. The number of nitrogens with two attached hydrogens (primary N) is 1. The molecule has 2 rings (SSSR count). The molecule has 1 fully saturated rings. The van der Waals surface area contributed by atoms with Crippen LogP contribution in [0.25, 0.3) is 0 Å². The van der Waals surface area contributed by atoms with E-state index in [1.165, 1.54) is 4.31 Å². The Kier molecular flexibility index (Phi) is 5.00. The Morgan fingerprint density at radius 1 is 1.26 bits per heavy atom. The summed E-state index contributed by atoms with van der Waals surface area (Å²) in [4.78, 5) is 0.348. The normalized spacial score (nSPS) is 18.3. The number of rotatable bonds is 2. The molecule has 0 spiro atoms. The molecule has 0 bridgehead atoms. The van der Waals surface area contributed by atoms with E-state index < -0.39 is 10.0 Å².